The molecule has 5 nitrogen and oxygen atoms in total. The van der Waals surface area contributed by atoms with Crippen LogP contribution in [0.25, 0.3) is 0 Å². The van der Waals surface area contributed by atoms with E-state index in [1.165, 1.54) is 6.92 Å². The number of hydrogen-bond donors (Lipinski definition) is 2. The van der Waals surface area contributed by atoms with Gasteiger partial charge < -0.3 is 15.3 Å². The Labute approximate surface area is 122 Å². The van der Waals surface area contributed by atoms with Gasteiger partial charge in [-0.05, 0) is 25.7 Å². The number of aliphatic carboxylic acids is 1. The summed E-state index contributed by atoms with van der Waals surface area (Å²) in [5.74, 6) is -0.737. The van der Waals surface area contributed by atoms with Crippen molar-refractivity contribution in [3.05, 3.63) is 0 Å². The zero-order valence-corrected chi connectivity index (χ0v) is 12.4. The summed E-state index contributed by atoms with van der Waals surface area (Å²) < 4.78 is 36.8. The minimum Gasteiger partial charge on any atom is -0.481 e. The number of nitrogens with one attached hydrogen (secondary N) is 1. The first-order chi connectivity index (χ1) is 9.69. The molecule has 0 radical (unpaired) electrons. The fourth-order valence-corrected chi connectivity index (χ4v) is 1.92. The van der Waals surface area contributed by atoms with Crippen LogP contribution in [-0.4, -0.2) is 47.8 Å². The summed E-state index contributed by atoms with van der Waals surface area (Å²) in [5.41, 5.74) is 0. The van der Waals surface area contributed by atoms with Crippen molar-refractivity contribution in [1.82, 2.24) is 10.2 Å². The Bertz CT molecular complexity index is 335. The lowest BCUT2D eigenvalue weighted by Crippen LogP contribution is -2.45. The first-order valence-corrected chi connectivity index (χ1v) is 7.00. The molecule has 0 aliphatic rings. The van der Waals surface area contributed by atoms with Crippen LogP contribution in [0.3, 0.4) is 0 Å². The predicted molar refractivity (Wildman–Crippen MR) is 72.0 cm³/mol. The van der Waals surface area contributed by atoms with Gasteiger partial charge in [0.25, 0.3) is 0 Å². The molecule has 0 saturated carbocycles. The Morgan fingerprint density at radius 3 is 2.29 bits per heavy atom. The fourth-order valence-electron chi connectivity index (χ4n) is 1.92. The molecule has 0 aromatic heterocycles. The van der Waals surface area contributed by atoms with E-state index in [9.17, 15) is 22.8 Å². The first kappa shape index (κ1) is 19.5. The molecule has 2 amide bonds. The highest BCUT2D eigenvalue weighted by Gasteiger charge is 2.32. The number of hydrogen-bond acceptors (Lipinski definition) is 2. The standard InChI is InChI=1S/C13H23F3N2O3/c1-3-10(5-6-11(19)20)7-8-17-12(21)18(4-2)9-13(14,15)16/h10H,3-9H2,1-2H3,(H,17,21)(H,19,20). The molecule has 0 saturated heterocycles. The summed E-state index contributed by atoms with van der Waals surface area (Å²) in [6.07, 6.45) is -2.54. The summed E-state index contributed by atoms with van der Waals surface area (Å²) in [5, 5.41) is 11.0. The number of rotatable bonds is 9. The molecule has 124 valence electrons. The van der Waals surface area contributed by atoms with Gasteiger partial charge in [0.1, 0.15) is 6.54 Å². The van der Waals surface area contributed by atoms with Crippen LogP contribution in [0.5, 0.6) is 0 Å². The lowest BCUT2D eigenvalue weighted by Gasteiger charge is -2.23. The summed E-state index contributed by atoms with van der Waals surface area (Å²) in [6, 6.07) is -0.747. The summed E-state index contributed by atoms with van der Waals surface area (Å²) in [4.78, 5) is 22.8. The van der Waals surface area contributed by atoms with E-state index in [2.05, 4.69) is 5.32 Å². The van der Waals surface area contributed by atoms with E-state index in [1.807, 2.05) is 6.92 Å². The number of amides is 2. The molecule has 0 aliphatic carbocycles. The molecular weight excluding hydrogens is 289 g/mol. The Morgan fingerprint density at radius 1 is 1.24 bits per heavy atom. The van der Waals surface area contributed by atoms with Gasteiger partial charge in [-0.25, -0.2) is 4.79 Å². The van der Waals surface area contributed by atoms with Crippen molar-refractivity contribution < 1.29 is 27.9 Å². The maximum atomic E-state index is 12.3. The molecule has 2 N–H and O–H groups in total. The molecule has 0 rings (SSSR count). The molecule has 21 heavy (non-hydrogen) atoms. The van der Waals surface area contributed by atoms with E-state index in [0.717, 1.165) is 6.42 Å². The van der Waals surface area contributed by atoms with Crippen molar-refractivity contribution >= 4 is 12.0 Å². The molecule has 0 aromatic rings. The fraction of sp³-hybridized carbons (Fsp3) is 0.846. The Balaban J connectivity index is 4.12. The molecule has 0 spiro atoms. The van der Waals surface area contributed by atoms with Crippen LogP contribution in [0.15, 0.2) is 0 Å². The van der Waals surface area contributed by atoms with Gasteiger partial charge in [-0.1, -0.05) is 13.3 Å². The van der Waals surface area contributed by atoms with Crippen LogP contribution >= 0.6 is 0 Å². The van der Waals surface area contributed by atoms with Gasteiger partial charge in [-0.15, -0.1) is 0 Å². The molecule has 0 heterocycles. The van der Waals surface area contributed by atoms with Gasteiger partial charge in [-0.3, -0.25) is 4.79 Å². The Kier molecular flexibility index (Phi) is 8.80. The number of carbonyl (C=O) groups is 2. The second-order valence-corrected chi connectivity index (χ2v) is 4.86. The van der Waals surface area contributed by atoms with Gasteiger partial charge in [-0.2, -0.15) is 13.2 Å². The molecular formula is C13H23F3N2O3. The maximum absolute atomic E-state index is 12.3. The summed E-state index contributed by atoms with van der Waals surface area (Å²) in [7, 11) is 0. The number of halogens is 3. The third-order valence-corrected chi connectivity index (χ3v) is 3.21. The van der Waals surface area contributed by atoms with Crippen LogP contribution in [0.2, 0.25) is 0 Å². The third-order valence-electron chi connectivity index (χ3n) is 3.21. The van der Waals surface area contributed by atoms with Crippen molar-refractivity contribution in [2.75, 3.05) is 19.6 Å². The number of carboxylic acid groups (broad SMARTS) is 1. The quantitative estimate of drug-likeness (QED) is 0.688. The molecule has 1 unspecified atom stereocenters. The van der Waals surface area contributed by atoms with Gasteiger partial charge >= 0.3 is 18.2 Å². The van der Waals surface area contributed by atoms with Crippen molar-refractivity contribution in [2.24, 2.45) is 5.92 Å². The van der Waals surface area contributed by atoms with Gasteiger partial charge in [0.2, 0.25) is 0 Å². The van der Waals surface area contributed by atoms with Crippen LogP contribution in [0.1, 0.15) is 39.5 Å². The maximum Gasteiger partial charge on any atom is 0.406 e. The number of carboxylic acids is 1. The van der Waals surface area contributed by atoms with E-state index in [1.54, 1.807) is 0 Å². The predicted octanol–water partition coefficient (Wildman–Crippen LogP) is 2.86. The molecule has 0 fully saturated rings. The van der Waals surface area contributed by atoms with Crippen LogP contribution in [0.4, 0.5) is 18.0 Å². The van der Waals surface area contributed by atoms with Crippen molar-refractivity contribution in [3.63, 3.8) is 0 Å². The highest BCUT2D eigenvalue weighted by Crippen LogP contribution is 2.17. The van der Waals surface area contributed by atoms with E-state index in [0.29, 0.717) is 17.7 Å². The van der Waals surface area contributed by atoms with E-state index >= 15 is 0 Å². The van der Waals surface area contributed by atoms with E-state index in [4.69, 9.17) is 5.11 Å². The van der Waals surface area contributed by atoms with Gasteiger partial charge in [0.05, 0.1) is 0 Å². The second-order valence-electron chi connectivity index (χ2n) is 4.86. The normalized spacial score (nSPS) is 12.8. The zero-order chi connectivity index (χ0) is 16.5. The number of nitrogens with zero attached hydrogens (tertiary/aromatic N) is 1. The minimum absolute atomic E-state index is 0.0262. The first-order valence-electron chi connectivity index (χ1n) is 7.00. The zero-order valence-electron chi connectivity index (χ0n) is 12.4. The molecule has 0 aromatic carbocycles. The van der Waals surface area contributed by atoms with Crippen molar-refractivity contribution in [2.45, 2.75) is 45.7 Å². The second kappa shape index (κ2) is 9.46. The Morgan fingerprint density at radius 2 is 1.86 bits per heavy atom. The minimum atomic E-state index is -4.42. The lowest BCUT2D eigenvalue weighted by molar-refractivity contribution is -0.139. The van der Waals surface area contributed by atoms with E-state index in [-0.39, 0.29) is 25.4 Å². The smallest absolute Gasteiger partial charge is 0.406 e. The Hall–Kier alpha value is -1.47. The van der Waals surface area contributed by atoms with Crippen molar-refractivity contribution in [1.29, 1.82) is 0 Å². The van der Waals surface area contributed by atoms with Crippen LogP contribution < -0.4 is 5.32 Å². The number of carbonyl (C=O) groups excluding carboxylic acids is 1. The van der Waals surface area contributed by atoms with Gasteiger partial charge in [0.15, 0.2) is 0 Å². The molecule has 0 aliphatic heterocycles. The molecule has 0 bridgehead atoms. The number of urea groups is 1. The lowest BCUT2D eigenvalue weighted by atomic mass is 9.97. The van der Waals surface area contributed by atoms with E-state index < -0.39 is 24.7 Å². The van der Waals surface area contributed by atoms with Crippen LogP contribution in [-0.2, 0) is 4.79 Å². The van der Waals surface area contributed by atoms with Gasteiger partial charge in [0, 0.05) is 19.5 Å². The largest absolute Gasteiger partial charge is 0.481 e. The third kappa shape index (κ3) is 9.97. The SMILES string of the molecule is CCC(CCNC(=O)N(CC)CC(F)(F)F)CCC(=O)O. The topological polar surface area (TPSA) is 69.6 Å². The van der Waals surface area contributed by atoms with Crippen LogP contribution in [0, 0.1) is 5.92 Å². The highest BCUT2D eigenvalue weighted by atomic mass is 19.4. The molecule has 1 atom stereocenters. The monoisotopic (exact) mass is 312 g/mol. The average molecular weight is 312 g/mol. The molecule has 8 heteroatoms. The summed E-state index contributed by atoms with van der Waals surface area (Å²) in [6.45, 7) is 2.34. The highest BCUT2D eigenvalue weighted by molar-refractivity contribution is 5.74. The number of alkyl halides is 3. The average Bonchev–Trinajstić information content (AvgIpc) is 2.38. The summed E-state index contributed by atoms with van der Waals surface area (Å²) >= 11 is 0. The van der Waals surface area contributed by atoms with Crippen molar-refractivity contribution in [3.8, 4) is 0 Å².